The molecule has 0 bridgehead atoms. The number of carbonyl (C=O) groups is 3. The van der Waals surface area contributed by atoms with Gasteiger partial charge in [-0.1, -0.05) is 18.5 Å². The van der Waals surface area contributed by atoms with E-state index in [0.717, 1.165) is 0 Å². The van der Waals surface area contributed by atoms with Gasteiger partial charge in [-0.2, -0.15) is 5.10 Å². The number of nitrogens with zero attached hydrogens (tertiary/aromatic N) is 1. The van der Waals surface area contributed by atoms with Crippen LogP contribution in [0.25, 0.3) is 0 Å². The van der Waals surface area contributed by atoms with E-state index in [-0.39, 0.29) is 18.6 Å². The van der Waals surface area contributed by atoms with Crippen molar-refractivity contribution in [2.75, 3.05) is 19.0 Å². The molecule has 0 fully saturated rings. The number of amides is 3. The van der Waals surface area contributed by atoms with Gasteiger partial charge in [-0.3, -0.25) is 14.4 Å². The Morgan fingerprint density at radius 1 is 1.18 bits per heavy atom. The van der Waals surface area contributed by atoms with Crippen LogP contribution in [0.15, 0.2) is 46.0 Å². The number of hydrazone groups is 1. The van der Waals surface area contributed by atoms with Crippen molar-refractivity contribution in [1.82, 2.24) is 10.7 Å². The quantitative estimate of drug-likeness (QED) is 0.256. The topological polar surface area (TPSA) is 118 Å². The highest BCUT2D eigenvalue weighted by atomic mass is 79.9. The molecule has 11 heteroatoms. The Morgan fingerprint density at radius 2 is 1.88 bits per heavy atom. The first kappa shape index (κ1) is 26.1. The average molecular weight is 540 g/mol. The Balaban J connectivity index is 1.98. The Kier molecular flexibility index (Phi) is 10.1. The van der Waals surface area contributed by atoms with E-state index >= 15 is 0 Å². The molecule has 0 aromatic heterocycles. The molecule has 9 nitrogen and oxygen atoms in total. The Labute approximate surface area is 205 Å². The molecule has 3 amide bonds. The lowest BCUT2D eigenvalue weighted by Crippen LogP contribution is -2.41. The van der Waals surface area contributed by atoms with Gasteiger partial charge in [-0.25, -0.2) is 5.43 Å². The van der Waals surface area contributed by atoms with E-state index in [0.29, 0.717) is 38.7 Å². The molecule has 0 saturated carbocycles. The number of ether oxygens (including phenoxy) is 2. The SMILES string of the molecule is CC[C@@H](C)NC(=O)C(=O)N/N=C\c1cc(Br)c(OCC(=O)Nc2ccc(Cl)cc2)c(OC)c1. The summed E-state index contributed by atoms with van der Waals surface area (Å²) in [5.41, 5.74) is 3.31. The number of hydrogen-bond acceptors (Lipinski definition) is 6. The molecule has 0 aliphatic carbocycles. The minimum Gasteiger partial charge on any atom is -0.493 e. The number of nitrogens with one attached hydrogen (secondary N) is 3. The standard InChI is InChI=1S/C22H24BrClN4O5/c1-4-13(2)26-21(30)22(31)28-25-11-14-9-17(23)20(18(10-14)32-3)33-12-19(29)27-16-7-5-15(24)6-8-16/h5-11,13H,4,12H2,1-3H3,(H,26,30)(H,27,29)(H,28,31)/b25-11-/t13-/m1/s1. The van der Waals surface area contributed by atoms with E-state index in [2.05, 4.69) is 37.1 Å². The highest BCUT2D eigenvalue weighted by Crippen LogP contribution is 2.36. The summed E-state index contributed by atoms with van der Waals surface area (Å²) in [4.78, 5) is 35.7. The number of carbonyl (C=O) groups excluding carboxylic acids is 3. The molecule has 0 spiro atoms. The van der Waals surface area contributed by atoms with Crippen molar-refractivity contribution in [3.8, 4) is 11.5 Å². The number of methoxy groups -OCH3 is 1. The molecule has 176 valence electrons. The summed E-state index contributed by atoms with van der Waals surface area (Å²) in [6, 6.07) is 9.83. The molecule has 0 heterocycles. The Bertz CT molecular complexity index is 1030. The molecule has 2 rings (SSSR count). The minimum absolute atomic E-state index is 0.117. The average Bonchev–Trinajstić information content (AvgIpc) is 2.79. The predicted molar refractivity (Wildman–Crippen MR) is 130 cm³/mol. The number of halogens is 2. The lowest BCUT2D eigenvalue weighted by molar-refractivity contribution is -0.139. The van der Waals surface area contributed by atoms with Crippen LogP contribution >= 0.6 is 27.5 Å². The first-order valence-electron chi connectivity index (χ1n) is 9.93. The lowest BCUT2D eigenvalue weighted by Gasteiger charge is -2.13. The summed E-state index contributed by atoms with van der Waals surface area (Å²) in [5.74, 6) is -1.34. The number of benzene rings is 2. The van der Waals surface area contributed by atoms with Gasteiger partial charge in [0.2, 0.25) is 0 Å². The Morgan fingerprint density at radius 3 is 2.52 bits per heavy atom. The highest BCUT2D eigenvalue weighted by Gasteiger charge is 2.15. The second-order valence-electron chi connectivity index (χ2n) is 6.86. The first-order chi connectivity index (χ1) is 15.7. The molecule has 33 heavy (non-hydrogen) atoms. The van der Waals surface area contributed by atoms with Gasteiger partial charge in [0.05, 0.1) is 17.8 Å². The van der Waals surface area contributed by atoms with E-state index in [4.69, 9.17) is 21.1 Å². The summed E-state index contributed by atoms with van der Waals surface area (Å²) < 4.78 is 11.5. The van der Waals surface area contributed by atoms with Crippen molar-refractivity contribution < 1.29 is 23.9 Å². The summed E-state index contributed by atoms with van der Waals surface area (Å²) in [7, 11) is 1.45. The molecule has 3 N–H and O–H groups in total. The molecular weight excluding hydrogens is 516 g/mol. The fourth-order valence-corrected chi connectivity index (χ4v) is 3.13. The molecule has 2 aromatic carbocycles. The van der Waals surface area contributed by atoms with E-state index in [1.54, 1.807) is 43.3 Å². The maximum atomic E-state index is 12.2. The minimum atomic E-state index is -0.871. The van der Waals surface area contributed by atoms with Crippen LogP contribution in [0, 0.1) is 0 Å². The van der Waals surface area contributed by atoms with Crippen molar-refractivity contribution in [3.05, 3.63) is 51.5 Å². The highest BCUT2D eigenvalue weighted by molar-refractivity contribution is 9.10. The third-order valence-electron chi connectivity index (χ3n) is 4.30. The number of hydrogen-bond donors (Lipinski definition) is 3. The largest absolute Gasteiger partial charge is 0.493 e. The smallest absolute Gasteiger partial charge is 0.329 e. The van der Waals surface area contributed by atoms with Crippen molar-refractivity contribution in [1.29, 1.82) is 0 Å². The zero-order valence-electron chi connectivity index (χ0n) is 18.3. The molecular formula is C22H24BrClN4O5. The van der Waals surface area contributed by atoms with E-state index in [1.165, 1.54) is 13.3 Å². The summed E-state index contributed by atoms with van der Waals surface area (Å²) in [6.45, 7) is 3.43. The monoisotopic (exact) mass is 538 g/mol. The van der Waals surface area contributed by atoms with Crippen LogP contribution in [-0.4, -0.2) is 43.7 Å². The van der Waals surface area contributed by atoms with Crippen molar-refractivity contribution in [2.45, 2.75) is 26.3 Å². The summed E-state index contributed by atoms with van der Waals surface area (Å²) in [5, 5.41) is 9.60. The van der Waals surface area contributed by atoms with Gasteiger partial charge in [0.15, 0.2) is 18.1 Å². The van der Waals surface area contributed by atoms with Gasteiger partial charge < -0.3 is 20.1 Å². The molecule has 0 saturated heterocycles. The number of anilines is 1. The van der Waals surface area contributed by atoms with Crippen molar-refractivity contribution in [2.24, 2.45) is 5.10 Å². The molecule has 0 unspecified atom stereocenters. The molecule has 0 radical (unpaired) electrons. The summed E-state index contributed by atoms with van der Waals surface area (Å²) >= 11 is 9.21. The lowest BCUT2D eigenvalue weighted by atomic mass is 10.2. The van der Waals surface area contributed by atoms with Crippen LogP contribution in [0.2, 0.25) is 5.02 Å². The van der Waals surface area contributed by atoms with Crippen LogP contribution < -0.4 is 25.5 Å². The third kappa shape index (κ3) is 8.39. The zero-order valence-corrected chi connectivity index (χ0v) is 20.6. The summed E-state index contributed by atoms with van der Waals surface area (Å²) in [6.07, 6.45) is 2.05. The van der Waals surface area contributed by atoms with Crippen LogP contribution in [0.4, 0.5) is 5.69 Å². The van der Waals surface area contributed by atoms with Gasteiger partial charge in [0.1, 0.15) is 0 Å². The van der Waals surface area contributed by atoms with E-state index < -0.39 is 11.8 Å². The Hall–Kier alpha value is -3.11. The van der Waals surface area contributed by atoms with Crippen molar-refractivity contribution in [3.63, 3.8) is 0 Å². The third-order valence-corrected chi connectivity index (χ3v) is 5.14. The maximum Gasteiger partial charge on any atom is 0.329 e. The normalized spacial score (nSPS) is 11.5. The van der Waals surface area contributed by atoms with Crippen LogP contribution in [0.3, 0.4) is 0 Å². The van der Waals surface area contributed by atoms with Crippen LogP contribution in [0.1, 0.15) is 25.8 Å². The zero-order chi connectivity index (χ0) is 24.4. The van der Waals surface area contributed by atoms with Gasteiger partial charge in [-0.05, 0) is 71.2 Å². The maximum absolute atomic E-state index is 12.2. The fraction of sp³-hybridized carbons (Fsp3) is 0.273. The molecule has 1 atom stereocenters. The first-order valence-corrected chi connectivity index (χ1v) is 11.1. The second-order valence-corrected chi connectivity index (χ2v) is 8.15. The molecule has 0 aliphatic rings. The van der Waals surface area contributed by atoms with Crippen LogP contribution in [0.5, 0.6) is 11.5 Å². The predicted octanol–water partition coefficient (Wildman–Crippen LogP) is 3.49. The van der Waals surface area contributed by atoms with Gasteiger partial charge in [0, 0.05) is 16.8 Å². The van der Waals surface area contributed by atoms with Gasteiger partial charge in [-0.15, -0.1) is 0 Å². The van der Waals surface area contributed by atoms with Crippen molar-refractivity contribution >= 4 is 57.2 Å². The molecule has 0 aliphatic heterocycles. The van der Waals surface area contributed by atoms with Crippen LogP contribution in [-0.2, 0) is 14.4 Å². The number of rotatable bonds is 9. The van der Waals surface area contributed by atoms with Gasteiger partial charge >= 0.3 is 11.8 Å². The van der Waals surface area contributed by atoms with E-state index in [1.807, 2.05) is 6.92 Å². The van der Waals surface area contributed by atoms with Gasteiger partial charge in [0.25, 0.3) is 5.91 Å². The fourth-order valence-electron chi connectivity index (χ4n) is 2.43. The van der Waals surface area contributed by atoms with E-state index in [9.17, 15) is 14.4 Å². The molecule has 2 aromatic rings. The second kappa shape index (κ2) is 12.8.